The molecule has 1 aromatic heterocycles. The summed E-state index contributed by atoms with van der Waals surface area (Å²) in [5, 5.41) is 15.2. The fraction of sp³-hybridized carbons (Fsp3) is 0.227. The SMILES string of the molecule is CC(NC(=O)c1c(C(F)F)nn(C)c1Sc1cccc(C(F)(F)F)c1)c1ccc(C(=O)O)cc1. The second-order valence-electron chi connectivity index (χ2n) is 7.24. The van der Waals surface area contributed by atoms with Gasteiger partial charge in [0.25, 0.3) is 12.3 Å². The van der Waals surface area contributed by atoms with E-state index in [0.717, 1.165) is 16.8 Å². The van der Waals surface area contributed by atoms with E-state index >= 15 is 0 Å². The lowest BCUT2D eigenvalue weighted by atomic mass is 10.1. The maximum absolute atomic E-state index is 13.7. The average Bonchev–Trinajstić information content (AvgIpc) is 3.09. The lowest BCUT2D eigenvalue weighted by molar-refractivity contribution is -0.137. The molecule has 1 heterocycles. The first-order chi connectivity index (χ1) is 15.9. The van der Waals surface area contributed by atoms with Crippen molar-refractivity contribution in [1.82, 2.24) is 15.1 Å². The minimum absolute atomic E-state index is 0.0364. The molecule has 3 rings (SSSR count). The van der Waals surface area contributed by atoms with E-state index in [4.69, 9.17) is 5.11 Å². The van der Waals surface area contributed by atoms with Crippen molar-refractivity contribution < 1.29 is 36.6 Å². The van der Waals surface area contributed by atoms with Gasteiger partial charge in [0.2, 0.25) is 0 Å². The van der Waals surface area contributed by atoms with E-state index in [9.17, 15) is 31.5 Å². The highest BCUT2D eigenvalue weighted by atomic mass is 32.2. The van der Waals surface area contributed by atoms with E-state index in [1.165, 1.54) is 43.4 Å². The molecule has 180 valence electrons. The van der Waals surface area contributed by atoms with Crippen molar-refractivity contribution >= 4 is 23.6 Å². The molecule has 1 unspecified atom stereocenters. The topological polar surface area (TPSA) is 84.2 Å². The van der Waals surface area contributed by atoms with E-state index < -0.39 is 47.3 Å². The maximum atomic E-state index is 13.7. The second-order valence-corrected chi connectivity index (χ2v) is 8.30. The number of carbonyl (C=O) groups excluding carboxylic acids is 1. The fourth-order valence-corrected chi connectivity index (χ4v) is 4.15. The monoisotopic (exact) mass is 499 g/mol. The largest absolute Gasteiger partial charge is 0.478 e. The highest BCUT2D eigenvalue weighted by Crippen LogP contribution is 2.38. The van der Waals surface area contributed by atoms with Crippen molar-refractivity contribution in [2.75, 3.05) is 0 Å². The molecule has 1 atom stereocenters. The Balaban J connectivity index is 1.92. The number of alkyl halides is 5. The molecule has 0 saturated carbocycles. The maximum Gasteiger partial charge on any atom is 0.416 e. The molecular weight excluding hydrogens is 481 g/mol. The Morgan fingerprint density at radius 1 is 1.12 bits per heavy atom. The summed E-state index contributed by atoms with van der Waals surface area (Å²) in [6.07, 6.45) is -7.70. The summed E-state index contributed by atoms with van der Waals surface area (Å²) in [4.78, 5) is 24.1. The molecule has 0 radical (unpaired) electrons. The molecule has 0 fully saturated rings. The Morgan fingerprint density at radius 2 is 1.76 bits per heavy atom. The molecule has 2 N–H and O–H groups in total. The van der Waals surface area contributed by atoms with Crippen LogP contribution in [-0.2, 0) is 13.2 Å². The van der Waals surface area contributed by atoms with Crippen LogP contribution in [0.15, 0.2) is 58.5 Å². The lowest BCUT2D eigenvalue weighted by Gasteiger charge is -2.16. The third-order valence-electron chi connectivity index (χ3n) is 4.84. The Bertz CT molecular complexity index is 1210. The highest BCUT2D eigenvalue weighted by Gasteiger charge is 2.32. The number of aryl methyl sites for hydroxylation is 1. The molecule has 0 saturated heterocycles. The van der Waals surface area contributed by atoms with Gasteiger partial charge in [-0.15, -0.1) is 0 Å². The van der Waals surface area contributed by atoms with Crippen molar-refractivity contribution in [2.24, 2.45) is 7.05 Å². The van der Waals surface area contributed by atoms with Crippen LogP contribution < -0.4 is 5.32 Å². The van der Waals surface area contributed by atoms with Crippen LogP contribution in [0.2, 0.25) is 0 Å². The summed E-state index contributed by atoms with van der Waals surface area (Å²) in [5.41, 5.74) is -1.61. The van der Waals surface area contributed by atoms with E-state index in [1.54, 1.807) is 6.92 Å². The molecular formula is C22H18F5N3O3S. The Labute approximate surface area is 194 Å². The molecule has 0 aliphatic rings. The molecule has 12 heteroatoms. The van der Waals surface area contributed by atoms with E-state index in [-0.39, 0.29) is 15.5 Å². The minimum atomic E-state index is -4.59. The number of benzene rings is 2. The highest BCUT2D eigenvalue weighted by molar-refractivity contribution is 7.99. The van der Waals surface area contributed by atoms with Gasteiger partial charge in [-0.05, 0) is 42.8 Å². The fourth-order valence-electron chi connectivity index (χ4n) is 3.13. The first-order valence-corrected chi connectivity index (χ1v) is 10.5. The summed E-state index contributed by atoms with van der Waals surface area (Å²) in [5.74, 6) is -2.02. The van der Waals surface area contributed by atoms with Crippen LogP contribution in [0.5, 0.6) is 0 Å². The van der Waals surface area contributed by atoms with E-state index in [2.05, 4.69) is 10.4 Å². The van der Waals surface area contributed by atoms with Gasteiger partial charge in [-0.25, -0.2) is 13.6 Å². The number of aromatic nitrogens is 2. The molecule has 3 aromatic rings. The van der Waals surface area contributed by atoms with E-state index in [1.807, 2.05) is 0 Å². The number of halogens is 5. The zero-order chi connectivity index (χ0) is 25.2. The number of aromatic carboxylic acids is 1. The molecule has 0 aliphatic heterocycles. The summed E-state index contributed by atoms with van der Waals surface area (Å²) in [6, 6.07) is 9.22. The van der Waals surface area contributed by atoms with Gasteiger partial charge < -0.3 is 10.4 Å². The van der Waals surface area contributed by atoms with Crippen molar-refractivity contribution in [3.63, 3.8) is 0 Å². The first-order valence-electron chi connectivity index (χ1n) is 9.72. The van der Waals surface area contributed by atoms with Gasteiger partial charge in [0.1, 0.15) is 16.3 Å². The quantitative estimate of drug-likeness (QED) is 0.407. The van der Waals surface area contributed by atoms with Gasteiger partial charge in [-0.2, -0.15) is 18.3 Å². The third kappa shape index (κ3) is 5.56. The first kappa shape index (κ1) is 25.2. The van der Waals surface area contributed by atoms with Crippen LogP contribution in [0, 0.1) is 0 Å². The van der Waals surface area contributed by atoms with Gasteiger partial charge in [0.15, 0.2) is 0 Å². The molecule has 1 amide bonds. The predicted octanol–water partition coefficient (Wildman–Crippen LogP) is 5.72. The van der Waals surface area contributed by atoms with Gasteiger partial charge in [-0.3, -0.25) is 9.48 Å². The molecule has 34 heavy (non-hydrogen) atoms. The number of carbonyl (C=O) groups is 2. The number of carboxylic acid groups (broad SMARTS) is 1. The molecule has 6 nitrogen and oxygen atoms in total. The zero-order valence-electron chi connectivity index (χ0n) is 17.7. The van der Waals surface area contributed by atoms with Crippen LogP contribution in [0.1, 0.15) is 56.9 Å². The molecule has 0 aliphatic carbocycles. The number of carboxylic acids is 1. The van der Waals surface area contributed by atoms with Gasteiger partial charge in [0, 0.05) is 11.9 Å². The van der Waals surface area contributed by atoms with Crippen LogP contribution in [0.4, 0.5) is 22.0 Å². The number of amides is 1. The van der Waals surface area contributed by atoms with Crippen LogP contribution >= 0.6 is 11.8 Å². The van der Waals surface area contributed by atoms with Crippen LogP contribution in [0.3, 0.4) is 0 Å². The van der Waals surface area contributed by atoms with Gasteiger partial charge in [0.05, 0.1) is 17.2 Å². The van der Waals surface area contributed by atoms with Crippen LogP contribution in [0.25, 0.3) is 0 Å². The minimum Gasteiger partial charge on any atom is -0.478 e. The number of nitrogens with zero attached hydrogens (tertiary/aromatic N) is 2. The molecule has 0 spiro atoms. The Kier molecular flexibility index (Phi) is 7.29. The molecule has 2 aromatic carbocycles. The number of nitrogens with one attached hydrogen (secondary N) is 1. The summed E-state index contributed by atoms with van der Waals surface area (Å²) in [6.45, 7) is 1.58. The smallest absolute Gasteiger partial charge is 0.416 e. The standard InChI is InChI=1S/C22H18F5N3O3S/c1-11(12-6-8-13(9-7-12)21(32)33)28-19(31)16-17(18(23)24)29-30(2)20(16)34-15-5-3-4-14(10-15)22(25,26)27/h3-11,18H,1-2H3,(H,28,31)(H,32,33). The normalized spacial score (nSPS) is 12.6. The second kappa shape index (κ2) is 9.84. The number of hydrogen-bond donors (Lipinski definition) is 2. The zero-order valence-corrected chi connectivity index (χ0v) is 18.5. The molecule has 0 bridgehead atoms. The van der Waals surface area contributed by atoms with Gasteiger partial charge in [-0.1, -0.05) is 30.0 Å². The Morgan fingerprint density at radius 3 is 2.32 bits per heavy atom. The summed E-state index contributed by atoms with van der Waals surface area (Å²) < 4.78 is 67.5. The summed E-state index contributed by atoms with van der Waals surface area (Å²) in [7, 11) is 1.31. The van der Waals surface area contributed by atoms with Crippen molar-refractivity contribution in [3.05, 3.63) is 76.5 Å². The van der Waals surface area contributed by atoms with Gasteiger partial charge >= 0.3 is 12.1 Å². The number of hydrogen-bond acceptors (Lipinski definition) is 4. The van der Waals surface area contributed by atoms with Crippen molar-refractivity contribution in [1.29, 1.82) is 0 Å². The van der Waals surface area contributed by atoms with Crippen LogP contribution in [-0.4, -0.2) is 26.8 Å². The van der Waals surface area contributed by atoms with E-state index in [0.29, 0.717) is 17.3 Å². The predicted molar refractivity (Wildman–Crippen MR) is 113 cm³/mol. The Hall–Kier alpha value is -3.41. The van der Waals surface area contributed by atoms with Crippen molar-refractivity contribution in [3.8, 4) is 0 Å². The lowest BCUT2D eigenvalue weighted by Crippen LogP contribution is -2.27. The van der Waals surface area contributed by atoms with Crippen molar-refractivity contribution in [2.45, 2.75) is 35.5 Å². The average molecular weight is 499 g/mol. The summed E-state index contributed by atoms with van der Waals surface area (Å²) >= 11 is 0.707. The number of rotatable bonds is 7. The third-order valence-corrected chi connectivity index (χ3v) is 5.99.